The second-order valence-electron chi connectivity index (χ2n) is 6.88. The molecule has 7 heteroatoms. The minimum atomic E-state index is -0.147. The van der Waals surface area contributed by atoms with E-state index in [1.54, 1.807) is 7.11 Å². The summed E-state index contributed by atoms with van der Waals surface area (Å²) < 4.78 is 5.20. The molecule has 1 aliphatic rings. The van der Waals surface area contributed by atoms with Crippen LogP contribution in [0.4, 0.5) is 5.95 Å². The average molecular weight is 376 g/mol. The monoisotopic (exact) mass is 376 g/mol. The van der Waals surface area contributed by atoms with Gasteiger partial charge in [0.15, 0.2) is 0 Å². The quantitative estimate of drug-likeness (QED) is 0.642. The maximum absolute atomic E-state index is 12.2. The molecule has 2 aromatic carbocycles. The number of nitrogens with one attached hydrogen (secondary N) is 3. The second-order valence-corrected chi connectivity index (χ2v) is 6.88. The molecule has 1 aromatic heterocycles. The van der Waals surface area contributed by atoms with E-state index in [-0.39, 0.29) is 11.9 Å². The molecule has 2 heterocycles. The van der Waals surface area contributed by atoms with Crippen molar-refractivity contribution in [2.75, 3.05) is 12.4 Å². The first-order valence-electron chi connectivity index (χ1n) is 9.11. The standard InChI is InChI=1S/C21H21N5O2/c1-12-4-9-16-13(2)22-20(24-18(16)10-12)26-21-23-17(11-19(27)25-21)14-5-7-15(28-3)8-6-14/h4-10,17H,11H2,1-3H3,(H2,22,23,24,25,26,27)/p+1. The van der Waals surface area contributed by atoms with Crippen molar-refractivity contribution < 1.29 is 14.5 Å². The van der Waals surface area contributed by atoms with Crippen LogP contribution in [0.1, 0.15) is 29.3 Å². The first-order valence-corrected chi connectivity index (χ1v) is 9.11. The van der Waals surface area contributed by atoms with Crippen molar-refractivity contribution in [1.29, 1.82) is 0 Å². The van der Waals surface area contributed by atoms with Crippen LogP contribution in [0.3, 0.4) is 0 Å². The van der Waals surface area contributed by atoms with Crippen LogP contribution in [0.5, 0.6) is 5.75 Å². The van der Waals surface area contributed by atoms with Gasteiger partial charge in [0.1, 0.15) is 11.8 Å². The summed E-state index contributed by atoms with van der Waals surface area (Å²) in [6.45, 7) is 3.98. The fourth-order valence-electron chi connectivity index (χ4n) is 3.31. The minimum absolute atomic E-state index is 0.0737. The van der Waals surface area contributed by atoms with E-state index >= 15 is 0 Å². The van der Waals surface area contributed by atoms with Crippen molar-refractivity contribution in [3.05, 3.63) is 59.3 Å². The Morgan fingerprint density at radius 1 is 1.14 bits per heavy atom. The molecule has 4 rings (SSSR count). The molecule has 28 heavy (non-hydrogen) atoms. The topological polar surface area (TPSA) is 90.1 Å². The Bertz CT molecular complexity index is 1080. The first-order chi connectivity index (χ1) is 13.5. The zero-order valence-electron chi connectivity index (χ0n) is 16.0. The molecule has 3 N–H and O–H groups in total. The lowest BCUT2D eigenvalue weighted by Crippen LogP contribution is -2.82. The van der Waals surface area contributed by atoms with Crippen molar-refractivity contribution in [2.24, 2.45) is 0 Å². The molecule has 0 aliphatic carbocycles. The van der Waals surface area contributed by atoms with Gasteiger partial charge >= 0.3 is 5.96 Å². The number of carbonyl (C=O) groups is 1. The van der Waals surface area contributed by atoms with Crippen LogP contribution in [-0.4, -0.2) is 28.9 Å². The molecule has 1 amide bonds. The van der Waals surface area contributed by atoms with Crippen molar-refractivity contribution >= 4 is 28.7 Å². The molecule has 142 valence electrons. The van der Waals surface area contributed by atoms with E-state index in [4.69, 9.17) is 4.74 Å². The number of benzene rings is 2. The van der Waals surface area contributed by atoms with Gasteiger partial charge in [0.25, 0.3) is 11.9 Å². The van der Waals surface area contributed by atoms with Crippen molar-refractivity contribution in [2.45, 2.75) is 26.3 Å². The molecule has 1 atom stereocenters. The molecule has 0 saturated carbocycles. The Labute approximate surface area is 162 Å². The normalized spacial score (nSPS) is 16.5. The SMILES string of the molecule is COc1ccc(C2CC(=O)NC(Nc3nc(C)c4ccc(C)cc4n3)=[NH+]2)cc1. The number of aryl methyl sites for hydroxylation is 2. The third kappa shape index (κ3) is 3.64. The zero-order chi connectivity index (χ0) is 19.7. The van der Waals surface area contributed by atoms with Crippen LogP contribution in [-0.2, 0) is 4.79 Å². The van der Waals surface area contributed by atoms with E-state index in [0.29, 0.717) is 18.3 Å². The summed E-state index contributed by atoms with van der Waals surface area (Å²) in [5.41, 5.74) is 3.88. The summed E-state index contributed by atoms with van der Waals surface area (Å²) in [4.78, 5) is 24.6. The summed E-state index contributed by atoms with van der Waals surface area (Å²) >= 11 is 0. The number of fused-ring (bicyclic) bond motifs is 1. The number of carbonyl (C=O) groups excluding carboxylic acids is 1. The largest absolute Gasteiger partial charge is 0.497 e. The average Bonchev–Trinajstić information content (AvgIpc) is 2.67. The summed E-state index contributed by atoms with van der Waals surface area (Å²) in [6, 6.07) is 13.6. The fourth-order valence-corrected chi connectivity index (χ4v) is 3.31. The van der Waals surface area contributed by atoms with E-state index in [1.165, 1.54) is 0 Å². The Hall–Kier alpha value is -3.48. The van der Waals surface area contributed by atoms with Gasteiger partial charge in [0.2, 0.25) is 0 Å². The highest BCUT2D eigenvalue weighted by Gasteiger charge is 2.28. The third-order valence-corrected chi connectivity index (χ3v) is 4.77. The van der Waals surface area contributed by atoms with E-state index in [0.717, 1.165) is 33.5 Å². The van der Waals surface area contributed by atoms with E-state index < -0.39 is 0 Å². The number of anilines is 1. The predicted molar refractivity (Wildman–Crippen MR) is 107 cm³/mol. The first kappa shape index (κ1) is 17.9. The van der Waals surface area contributed by atoms with Crippen molar-refractivity contribution in [3.8, 4) is 5.75 Å². The summed E-state index contributed by atoms with van der Waals surface area (Å²) in [7, 11) is 1.63. The van der Waals surface area contributed by atoms with Crippen LogP contribution < -0.4 is 20.4 Å². The van der Waals surface area contributed by atoms with Gasteiger partial charge < -0.3 is 4.74 Å². The van der Waals surface area contributed by atoms with E-state index in [1.807, 2.05) is 56.3 Å². The van der Waals surface area contributed by atoms with Gasteiger partial charge in [-0.25, -0.2) is 15.6 Å². The molecule has 0 spiro atoms. The molecule has 0 radical (unpaired) electrons. The number of aromatic nitrogens is 2. The maximum atomic E-state index is 12.2. The number of hydrogen-bond acceptors (Lipinski definition) is 5. The highest BCUT2D eigenvalue weighted by Crippen LogP contribution is 2.19. The third-order valence-electron chi connectivity index (χ3n) is 4.77. The van der Waals surface area contributed by atoms with Crippen molar-refractivity contribution in [3.63, 3.8) is 0 Å². The molecular weight excluding hydrogens is 354 g/mol. The summed E-state index contributed by atoms with van der Waals surface area (Å²) in [5.74, 6) is 1.62. The summed E-state index contributed by atoms with van der Waals surface area (Å²) in [6.07, 6.45) is 0.342. The van der Waals surface area contributed by atoms with Crippen molar-refractivity contribution in [1.82, 2.24) is 15.3 Å². The number of hydrogen-bond donors (Lipinski definition) is 3. The number of nitrogens with zero attached hydrogens (tertiary/aromatic N) is 2. The Morgan fingerprint density at radius 3 is 2.68 bits per heavy atom. The molecule has 0 bridgehead atoms. The second kappa shape index (κ2) is 7.26. The van der Waals surface area contributed by atoms with Gasteiger partial charge in [0.05, 0.1) is 24.7 Å². The molecular formula is C21H22N5O2+. The lowest BCUT2D eigenvalue weighted by atomic mass is 10.0. The molecule has 7 nitrogen and oxygen atoms in total. The Kier molecular flexibility index (Phi) is 4.65. The molecule has 1 unspecified atom stereocenters. The van der Waals surface area contributed by atoms with Gasteiger partial charge in [-0.1, -0.05) is 24.3 Å². The lowest BCUT2D eigenvalue weighted by Gasteiger charge is -2.17. The molecule has 3 aromatic rings. The fraction of sp³-hybridized carbons (Fsp3) is 0.238. The van der Waals surface area contributed by atoms with Gasteiger partial charge in [-0.3, -0.25) is 9.79 Å². The van der Waals surface area contributed by atoms with Crippen LogP contribution in [0, 0.1) is 13.8 Å². The van der Waals surface area contributed by atoms with Crippen LogP contribution in [0.25, 0.3) is 10.9 Å². The summed E-state index contributed by atoms with van der Waals surface area (Å²) in [5, 5.41) is 6.94. The minimum Gasteiger partial charge on any atom is -0.497 e. The predicted octanol–water partition coefficient (Wildman–Crippen LogP) is 1.36. The molecule has 1 aliphatic heterocycles. The highest BCUT2D eigenvalue weighted by atomic mass is 16.5. The Morgan fingerprint density at radius 2 is 1.93 bits per heavy atom. The van der Waals surface area contributed by atoms with Gasteiger partial charge in [-0.05, 0) is 43.2 Å². The smallest absolute Gasteiger partial charge is 0.358 e. The van der Waals surface area contributed by atoms with Gasteiger partial charge in [-0.15, -0.1) is 0 Å². The molecule has 0 saturated heterocycles. The number of guanidine groups is 1. The Balaban J connectivity index is 1.63. The maximum Gasteiger partial charge on any atom is 0.358 e. The lowest BCUT2D eigenvalue weighted by molar-refractivity contribution is -0.513. The van der Waals surface area contributed by atoms with Gasteiger partial charge in [0, 0.05) is 5.39 Å². The number of ether oxygens (including phenoxy) is 1. The number of rotatable bonds is 3. The number of amides is 1. The van der Waals surface area contributed by atoms with E-state index in [9.17, 15) is 4.79 Å². The van der Waals surface area contributed by atoms with Gasteiger partial charge in [-0.2, -0.15) is 4.98 Å². The highest BCUT2D eigenvalue weighted by molar-refractivity contribution is 6.01. The van der Waals surface area contributed by atoms with Crippen LogP contribution >= 0.6 is 0 Å². The van der Waals surface area contributed by atoms with Crippen LogP contribution in [0.15, 0.2) is 42.5 Å². The van der Waals surface area contributed by atoms with Crippen LogP contribution in [0.2, 0.25) is 0 Å². The zero-order valence-corrected chi connectivity index (χ0v) is 16.0. The number of methoxy groups -OCH3 is 1. The molecule has 0 fully saturated rings. The van der Waals surface area contributed by atoms with E-state index in [2.05, 4.69) is 25.6 Å².